The summed E-state index contributed by atoms with van der Waals surface area (Å²) in [6.07, 6.45) is 1.06. The van der Waals surface area contributed by atoms with E-state index in [1.807, 2.05) is 30.3 Å². The van der Waals surface area contributed by atoms with E-state index in [9.17, 15) is 0 Å². The second-order valence-electron chi connectivity index (χ2n) is 4.08. The van der Waals surface area contributed by atoms with Gasteiger partial charge in [-0.2, -0.15) is 0 Å². The third-order valence-electron chi connectivity index (χ3n) is 2.72. The predicted octanol–water partition coefficient (Wildman–Crippen LogP) is 3.71. The largest absolute Gasteiger partial charge is 0.374 e. The molecule has 0 unspecified atom stereocenters. The van der Waals surface area contributed by atoms with Crippen molar-refractivity contribution in [2.75, 3.05) is 11.9 Å². The van der Waals surface area contributed by atoms with Crippen molar-refractivity contribution in [2.24, 2.45) is 0 Å². The Morgan fingerprint density at radius 3 is 2.61 bits per heavy atom. The van der Waals surface area contributed by atoms with Crippen LogP contribution in [0.3, 0.4) is 0 Å². The van der Waals surface area contributed by atoms with Crippen LogP contribution < -0.4 is 5.32 Å². The van der Waals surface area contributed by atoms with Crippen LogP contribution in [-0.4, -0.2) is 6.54 Å². The summed E-state index contributed by atoms with van der Waals surface area (Å²) in [5.41, 5.74) is 3.54. The summed E-state index contributed by atoms with van der Waals surface area (Å²) in [5.74, 6) is 6.26. The first-order valence-electron chi connectivity index (χ1n) is 6.25. The molecule has 0 heterocycles. The summed E-state index contributed by atoms with van der Waals surface area (Å²) in [7, 11) is 0. The lowest BCUT2D eigenvalue weighted by Gasteiger charge is -2.03. The van der Waals surface area contributed by atoms with Gasteiger partial charge in [0.2, 0.25) is 0 Å². The van der Waals surface area contributed by atoms with E-state index in [0.717, 1.165) is 17.7 Å². The Morgan fingerprint density at radius 1 is 1.00 bits per heavy atom. The molecule has 0 saturated heterocycles. The van der Waals surface area contributed by atoms with Crippen LogP contribution in [0.1, 0.15) is 18.1 Å². The fourth-order valence-corrected chi connectivity index (χ4v) is 1.72. The van der Waals surface area contributed by atoms with Gasteiger partial charge in [0.15, 0.2) is 0 Å². The van der Waals surface area contributed by atoms with Crippen LogP contribution in [0, 0.1) is 11.8 Å². The molecule has 0 aromatic heterocycles. The average Bonchev–Trinajstić information content (AvgIpc) is 2.45. The van der Waals surface area contributed by atoms with E-state index in [1.165, 1.54) is 5.56 Å². The van der Waals surface area contributed by atoms with E-state index in [-0.39, 0.29) is 0 Å². The van der Waals surface area contributed by atoms with Crippen LogP contribution in [0.2, 0.25) is 0 Å². The van der Waals surface area contributed by atoms with Gasteiger partial charge < -0.3 is 5.32 Å². The molecule has 0 bridgehead atoms. The summed E-state index contributed by atoms with van der Waals surface area (Å²) >= 11 is 0. The maximum Gasteiger partial charge on any atom is 0.0769 e. The molecule has 0 fully saturated rings. The zero-order valence-corrected chi connectivity index (χ0v) is 10.6. The quantitative estimate of drug-likeness (QED) is 0.800. The number of hydrogen-bond acceptors (Lipinski definition) is 1. The van der Waals surface area contributed by atoms with Crippen LogP contribution in [0.5, 0.6) is 0 Å². The molecule has 1 heteroatoms. The van der Waals surface area contributed by atoms with E-state index >= 15 is 0 Å². The first kappa shape index (κ1) is 12.3. The average molecular weight is 235 g/mol. The molecule has 1 N–H and O–H groups in total. The standard InChI is InChI=1S/C17H17N/c1-2-15-10-6-12-17(14-15)18-13-7-11-16-8-4-3-5-9-16/h3-6,8-10,12,14,18H,2,13H2,1H3. The minimum atomic E-state index is 0.669. The van der Waals surface area contributed by atoms with Gasteiger partial charge >= 0.3 is 0 Å². The number of benzene rings is 2. The van der Waals surface area contributed by atoms with Gasteiger partial charge in [-0.15, -0.1) is 0 Å². The van der Waals surface area contributed by atoms with Gasteiger partial charge in [-0.25, -0.2) is 0 Å². The fraction of sp³-hybridized carbons (Fsp3) is 0.176. The smallest absolute Gasteiger partial charge is 0.0769 e. The van der Waals surface area contributed by atoms with Gasteiger partial charge in [0.1, 0.15) is 0 Å². The van der Waals surface area contributed by atoms with Crippen molar-refractivity contribution in [3.8, 4) is 11.8 Å². The van der Waals surface area contributed by atoms with Gasteiger partial charge in [-0.05, 0) is 36.2 Å². The van der Waals surface area contributed by atoms with Gasteiger partial charge in [-0.3, -0.25) is 0 Å². The van der Waals surface area contributed by atoms with Crippen molar-refractivity contribution in [1.29, 1.82) is 0 Å². The number of nitrogens with one attached hydrogen (secondary N) is 1. The number of aryl methyl sites for hydroxylation is 1. The molecule has 0 amide bonds. The van der Waals surface area contributed by atoms with E-state index in [1.54, 1.807) is 0 Å². The highest BCUT2D eigenvalue weighted by atomic mass is 14.8. The Balaban J connectivity index is 1.91. The minimum absolute atomic E-state index is 0.669. The second kappa shape index (κ2) is 6.51. The Bertz CT molecular complexity index is 547. The van der Waals surface area contributed by atoms with Crippen LogP contribution in [0.15, 0.2) is 54.6 Å². The third-order valence-corrected chi connectivity index (χ3v) is 2.72. The molecule has 0 aliphatic rings. The predicted molar refractivity (Wildman–Crippen MR) is 77.6 cm³/mol. The number of rotatable bonds is 3. The molecule has 18 heavy (non-hydrogen) atoms. The van der Waals surface area contributed by atoms with Crippen molar-refractivity contribution in [3.63, 3.8) is 0 Å². The SMILES string of the molecule is CCc1cccc(NCC#Cc2ccccc2)c1. The highest BCUT2D eigenvalue weighted by Gasteiger charge is 1.91. The maximum atomic E-state index is 3.32. The molecule has 0 atom stereocenters. The third kappa shape index (κ3) is 3.68. The topological polar surface area (TPSA) is 12.0 Å². The number of hydrogen-bond donors (Lipinski definition) is 1. The van der Waals surface area contributed by atoms with Crippen LogP contribution >= 0.6 is 0 Å². The molecule has 0 aliphatic heterocycles. The second-order valence-corrected chi connectivity index (χ2v) is 4.08. The lowest BCUT2D eigenvalue weighted by Crippen LogP contribution is -1.98. The zero-order chi connectivity index (χ0) is 12.6. The van der Waals surface area contributed by atoms with Crippen molar-refractivity contribution < 1.29 is 0 Å². The molecular formula is C17H17N. The highest BCUT2D eigenvalue weighted by Crippen LogP contribution is 2.10. The minimum Gasteiger partial charge on any atom is -0.374 e. The van der Waals surface area contributed by atoms with Gasteiger partial charge in [-0.1, -0.05) is 49.1 Å². The van der Waals surface area contributed by atoms with E-state index in [2.05, 4.69) is 48.3 Å². The molecule has 0 radical (unpaired) electrons. The molecule has 2 aromatic carbocycles. The Labute approximate surface area is 109 Å². The Hall–Kier alpha value is -2.20. The molecule has 1 nitrogen and oxygen atoms in total. The molecular weight excluding hydrogens is 218 g/mol. The first-order valence-corrected chi connectivity index (χ1v) is 6.25. The van der Waals surface area contributed by atoms with Crippen molar-refractivity contribution in [1.82, 2.24) is 0 Å². The normalized spacial score (nSPS) is 9.39. The fourth-order valence-electron chi connectivity index (χ4n) is 1.72. The lowest BCUT2D eigenvalue weighted by molar-refractivity contribution is 1.14. The van der Waals surface area contributed by atoms with E-state index in [0.29, 0.717) is 6.54 Å². The van der Waals surface area contributed by atoms with Crippen molar-refractivity contribution >= 4 is 5.69 Å². The summed E-state index contributed by atoms with van der Waals surface area (Å²) in [6, 6.07) is 18.5. The van der Waals surface area contributed by atoms with E-state index in [4.69, 9.17) is 0 Å². The van der Waals surface area contributed by atoms with Crippen LogP contribution in [0.25, 0.3) is 0 Å². The molecule has 0 spiro atoms. The maximum absolute atomic E-state index is 3.32. The van der Waals surface area contributed by atoms with Crippen molar-refractivity contribution in [3.05, 3.63) is 65.7 Å². The van der Waals surface area contributed by atoms with Crippen LogP contribution in [-0.2, 0) is 6.42 Å². The molecule has 0 aliphatic carbocycles. The van der Waals surface area contributed by atoms with Crippen LogP contribution in [0.4, 0.5) is 5.69 Å². The molecule has 2 aromatic rings. The summed E-state index contributed by atoms with van der Waals surface area (Å²) in [4.78, 5) is 0. The van der Waals surface area contributed by atoms with Gasteiger partial charge in [0, 0.05) is 11.3 Å². The number of anilines is 1. The Kier molecular flexibility index (Phi) is 4.44. The lowest BCUT2D eigenvalue weighted by atomic mass is 10.1. The molecule has 2 rings (SSSR count). The van der Waals surface area contributed by atoms with Gasteiger partial charge in [0.25, 0.3) is 0 Å². The van der Waals surface area contributed by atoms with Gasteiger partial charge in [0.05, 0.1) is 6.54 Å². The van der Waals surface area contributed by atoms with Crippen molar-refractivity contribution in [2.45, 2.75) is 13.3 Å². The zero-order valence-electron chi connectivity index (χ0n) is 10.6. The summed E-state index contributed by atoms with van der Waals surface area (Å²) < 4.78 is 0. The summed E-state index contributed by atoms with van der Waals surface area (Å²) in [5, 5.41) is 3.32. The molecule has 0 saturated carbocycles. The monoisotopic (exact) mass is 235 g/mol. The Morgan fingerprint density at radius 2 is 1.83 bits per heavy atom. The first-order chi connectivity index (χ1) is 8.88. The molecule has 90 valence electrons. The highest BCUT2D eigenvalue weighted by molar-refractivity contribution is 5.47. The van der Waals surface area contributed by atoms with E-state index < -0.39 is 0 Å². The summed E-state index contributed by atoms with van der Waals surface area (Å²) in [6.45, 7) is 2.83.